The van der Waals surface area contributed by atoms with Crippen LogP contribution in [0, 0.1) is 11.8 Å². The summed E-state index contributed by atoms with van der Waals surface area (Å²) in [5.41, 5.74) is 11.0. The van der Waals surface area contributed by atoms with Crippen LogP contribution in [0.1, 0.15) is 38.8 Å². The van der Waals surface area contributed by atoms with E-state index in [1.165, 1.54) is 34.4 Å². The highest BCUT2D eigenvalue weighted by Gasteiger charge is 2.25. The van der Waals surface area contributed by atoms with E-state index in [-0.39, 0.29) is 0 Å². The van der Waals surface area contributed by atoms with Gasteiger partial charge in [0.2, 0.25) is 0 Å². The topological polar surface area (TPSA) is 0 Å². The summed E-state index contributed by atoms with van der Waals surface area (Å²) in [6, 6.07) is 24.8. The van der Waals surface area contributed by atoms with E-state index in [1.54, 1.807) is 0 Å². The number of hydrogen-bond donors (Lipinski definition) is 0. The molecule has 0 nitrogen and oxygen atoms in total. The van der Waals surface area contributed by atoms with Crippen LogP contribution in [0.2, 0.25) is 38.3 Å². The summed E-state index contributed by atoms with van der Waals surface area (Å²) in [5.74, 6) is 1.46. The second-order valence-electron chi connectivity index (χ2n) is 11.0. The third-order valence-electron chi connectivity index (χ3n) is 5.40. The van der Waals surface area contributed by atoms with Gasteiger partial charge in [0.25, 0.3) is 0 Å². The standard InChI is InChI=1S/C28H42Si2/c1-23(2)19-29(5,6)21-27(25-15-11-9-12-16-25)28(26-17-13-10-14-18-26)22-30(7,8)20-24(3)4/h9-18,21-24H,19-20H2,1-8H3. The summed E-state index contributed by atoms with van der Waals surface area (Å²) < 4.78 is 0. The minimum Gasteiger partial charge on any atom is -0.0864 e. The number of benzene rings is 2. The molecule has 2 aromatic carbocycles. The van der Waals surface area contributed by atoms with Gasteiger partial charge in [-0.25, -0.2) is 0 Å². The molecule has 0 saturated heterocycles. The first-order valence-electron chi connectivity index (χ1n) is 11.6. The van der Waals surface area contributed by atoms with Crippen molar-refractivity contribution in [1.82, 2.24) is 0 Å². The molecule has 0 heterocycles. The van der Waals surface area contributed by atoms with Crippen molar-refractivity contribution >= 4 is 27.3 Å². The molecular weight excluding hydrogens is 392 g/mol. The normalized spacial score (nSPS) is 13.9. The van der Waals surface area contributed by atoms with Gasteiger partial charge in [0, 0.05) is 0 Å². The highest BCUT2D eigenvalue weighted by molar-refractivity contribution is 6.84. The van der Waals surface area contributed by atoms with E-state index in [4.69, 9.17) is 0 Å². The molecule has 0 bridgehead atoms. The van der Waals surface area contributed by atoms with Gasteiger partial charge in [0.05, 0.1) is 16.1 Å². The van der Waals surface area contributed by atoms with Gasteiger partial charge >= 0.3 is 0 Å². The van der Waals surface area contributed by atoms with E-state index >= 15 is 0 Å². The maximum Gasteiger partial charge on any atom is 0.0728 e. The lowest BCUT2D eigenvalue weighted by atomic mass is 9.95. The van der Waals surface area contributed by atoms with E-state index < -0.39 is 16.1 Å². The van der Waals surface area contributed by atoms with E-state index in [2.05, 4.69) is 126 Å². The lowest BCUT2D eigenvalue weighted by Crippen LogP contribution is -2.27. The van der Waals surface area contributed by atoms with E-state index in [0.29, 0.717) is 0 Å². The molecule has 0 aliphatic carbocycles. The Morgan fingerprint density at radius 2 is 0.900 bits per heavy atom. The van der Waals surface area contributed by atoms with Crippen molar-refractivity contribution in [2.45, 2.75) is 66.0 Å². The Labute approximate surface area is 188 Å². The molecule has 0 N–H and O–H groups in total. The smallest absolute Gasteiger partial charge is 0.0728 e. The van der Waals surface area contributed by atoms with Gasteiger partial charge in [-0.3, -0.25) is 0 Å². The van der Waals surface area contributed by atoms with Crippen molar-refractivity contribution in [1.29, 1.82) is 0 Å². The fourth-order valence-electron chi connectivity index (χ4n) is 4.87. The summed E-state index contributed by atoms with van der Waals surface area (Å²) >= 11 is 0. The zero-order valence-corrected chi connectivity index (χ0v) is 22.5. The first-order valence-corrected chi connectivity index (χ1v) is 18.1. The average molecular weight is 435 g/mol. The SMILES string of the molecule is CC(C)C[Si](C)(C)C=C(C(=C[Si](C)(C)CC(C)C)c1ccccc1)c1ccccc1. The highest BCUT2D eigenvalue weighted by atomic mass is 28.3. The zero-order chi connectivity index (χ0) is 22.4. The minimum atomic E-state index is -1.50. The van der Waals surface area contributed by atoms with Crippen LogP contribution < -0.4 is 0 Å². The molecular formula is C28H42Si2. The highest BCUT2D eigenvalue weighted by Crippen LogP contribution is 2.36. The monoisotopic (exact) mass is 434 g/mol. The predicted molar refractivity (Wildman–Crippen MR) is 143 cm³/mol. The molecule has 30 heavy (non-hydrogen) atoms. The zero-order valence-electron chi connectivity index (χ0n) is 20.5. The Hall–Kier alpha value is -1.65. The van der Waals surface area contributed by atoms with Gasteiger partial charge in [0.1, 0.15) is 0 Å². The summed E-state index contributed by atoms with van der Waals surface area (Å²) in [7, 11) is -3.01. The van der Waals surface area contributed by atoms with Gasteiger partial charge in [-0.05, 0) is 34.1 Å². The summed E-state index contributed by atoms with van der Waals surface area (Å²) in [6.07, 6.45) is 0. The van der Waals surface area contributed by atoms with Crippen molar-refractivity contribution in [2.24, 2.45) is 11.8 Å². The maximum absolute atomic E-state index is 2.68. The third kappa shape index (κ3) is 7.88. The molecule has 0 aliphatic rings. The molecule has 2 heteroatoms. The average Bonchev–Trinajstić information content (AvgIpc) is 2.64. The Kier molecular flexibility index (Phi) is 8.69. The lowest BCUT2D eigenvalue weighted by Gasteiger charge is -2.27. The van der Waals surface area contributed by atoms with Crippen molar-refractivity contribution in [3.8, 4) is 0 Å². The first-order chi connectivity index (χ1) is 14.0. The van der Waals surface area contributed by atoms with Crippen molar-refractivity contribution in [3.05, 3.63) is 83.2 Å². The van der Waals surface area contributed by atoms with Crippen LogP contribution in [-0.2, 0) is 0 Å². The Bertz CT molecular complexity index is 767. The molecule has 162 valence electrons. The number of allylic oxidation sites excluding steroid dienone is 2. The Morgan fingerprint density at radius 1 is 0.600 bits per heavy atom. The fraction of sp³-hybridized carbons (Fsp3) is 0.429. The maximum atomic E-state index is 2.68. The molecule has 2 rings (SSSR count). The van der Waals surface area contributed by atoms with Crippen molar-refractivity contribution in [2.75, 3.05) is 0 Å². The molecule has 0 unspecified atom stereocenters. The quantitative estimate of drug-likeness (QED) is 0.273. The predicted octanol–water partition coefficient (Wildman–Crippen LogP) is 8.96. The first kappa shape index (κ1) is 24.6. The Morgan fingerprint density at radius 3 is 1.17 bits per heavy atom. The second kappa shape index (κ2) is 10.6. The van der Waals surface area contributed by atoms with E-state index in [0.717, 1.165) is 11.8 Å². The van der Waals surface area contributed by atoms with Crippen LogP contribution in [0.4, 0.5) is 0 Å². The lowest BCUT2D eigenvalue weighted by molar-refractivity contribution is 0.722. The van der Waals surface area contributed by atoms with Crippen LogP contribution >= 0.6 is 0 Å². The van der Waals surface area contributed by atoms with Gasteiger partial charge in [-0.15, -0.1) is 0 Å². The van der Waals surface area contributed by atoms with Crippen LogP contribution in [0.15, 0.2) is 72.1 Å². The van der Waals surface area contributed by atoms with Crippen molar-refractivity contribution in [3.63, 3.8) is 0 Å². The van der Waals surface area contributed by atoms with Crippen LogP contribution in [0.25, 0.3) is 11.1 Å². The summed E-state index contributed by atoms with van der Waals surface area (Å²) in [5, 5.41) is 0. The molecule has 0 spiro atoms. The molecule has 0 aromatic heterocycles. The molecule has 0 amide bonds. The number of rotatable bonds is 9. The second-order valence-corrected chi connectivity index (χ2v) is 20.4. The third-order valence-corrected chi connectivity index (χ3v) is 11.3. The van der Waals surface area contributed by atoms with Crippen LogP contribution in [-0.4, -0.2) is 16.1 Å². The van der Waals surface area contributed by atoms with E-state index in [9.17, 15) is 0 Å². The number of hydrogen-bond acceptors (Lipinski definition) is 0. The van der Waals surface area contributed by atoms with Crippen LogP contribution in [0.3, 0.4) is 0 Å². The van der Waals surface area contributed by atoms with Gasteiger partial charge in [0.15, 0.2) is 0 Å². The van der Waals surface area contributed by atoms with Crippen molar-refractivity contribution < 1.29 is 0 Å². The molecule has 0 fully saturated rings. The Balaban J connectivity index is 2.73. The summed E-state index contributed by atoms with van der Waals surface area (Å²) in [6.45, 7) is 19.5. The molecule has 0 saturated carbocycles. The minimum absolute atomic E-state index is 0.732. The fourth-order valence-corrected chi connectivity index (χ4v) is 11.5. The molecule has 0 radical (unpaired) electrons. The molecule has 0 aliphatic heterocycles. The largest absolute Gasteiger partial charge is 0.0864 e. The van der Waals surface area contributed by atoms with Gasteiger partial charge in [-0.2, -0.15) is 0 Å². The summed E-state index contributed by atoms with van der Waals surface area (Å²) in [4.78, 5) is 0. The van der Waals surface area contributed by atoms with E-state index in [1.807, 2.05) is 0 Å². The van der Waals surface area contributed by atoms with Gasteiger partial charge < -0.3 is 0 Å². The molecule has 0 atom stereocenters. The molecule has 2 aromatic rings. The van der Waals surface area contributed by atoms with Crippen LogP contribution in [0.5, 0.6) is 0 Å². The van der Waals surface area contributed by atoms with Gasteiger partial charge in [-0.1, -0.05) is 138 Å².